The highest BCUT2D eigenvalue weighted by Gasteiger charge is 2.24. The Morgan fingerprint density at radius 3 is 2.80 bits per heavy atom. The molecule has 5 nitrogen and oxygen atoms in total. The van der Waals surface area contributed by atoms with Gasteiger partial charge in [0, 0.05) is 19.6 Å². The van der Waals surface area contributed by atoms with Crippen molar-refractivity contribution in [3.05, 3.63) is 12.2 Å². The van der Waals surface area contributed by atoms with Crippen molar-refractivity contribution in [1.82, 2.24) is 14.8 Å². The number of nitrogens with zero attached hydrogens (tertiary/aromatic N) is 3. The molecule has 1 aromatic rings. The molecular weight excluding hydrogens is 194 g/mol. The van der Waals surface area contributed by atoms with E-state index in [4.69, 9.17) is 4.74 Å². The summed E-state index contributed by atoms with van der Waals surface area (Å²) in [7, 11) is 1.57. The summed E-state index contributed by atoms with van der Waals surface area (Å²) in [5.74, 6) is 0.784. The number of aromatic nitrogens is 3. The third kappa shape index (κ3) is 3.28. The van der Waals surface area contributed by atoms with E-state index < -0.39 is 5.60 Å². The Morgan fingerprint density at radius 2 is 2.27 bits per heavy atom. The number of hydrogen-bond acceptors (Lipinski definition) is 4. The van der Waals surface area contributed by atoms with Gasteiger partial charge in [0.05, 0.1) is 12.2 Å². The lowest BCUT2D eigenvalue weighted by Gasteiger charge is -2.22. The molecule has 1 unspecified atom stereocenters. The lowest BCUT2D eigenvalue weighted by Crippen LogP contribution is -2.34. The van der Waals surface area contributed by atoms with E-state index in [-0.39, 0.29) is 12.6 Å². The maximum absolute atomic E-state index is 9.99. The van der Waals surface area contributed by atoms with Gasteiger partial charge in [-0.05, 0) is 20.8 Å². The first kappa shape index (κ1) is 12.1. The fourth-order valence-electron chi connectivity index (χ4n) is 1.53. The molecule has 86 valence electrons. The van der Waals surface area contributed by atoms with E-state index in [9.17, 15) is 5.11 Å². The molecule has 0 radical (unpaired) electrons. The largest absolute Gasteiger partial charge is 0.387 e. The number of aliphatic hydroxyl groups is 1. The fraction of sp³-hybridized carbons (Fsp3) is 0.800. The number of methoxy groups -OCH3 is 1. The minimum Gasteiger partial charge on any atom is -0.387 e. The summed E-state index contributed by atoms with van der Waals surface area (Å²) in [6, 6.07) is 0.251. The first-order chi connectivity index (χ1) is 6.96. The van der Waals surface area contributed by atoms with Crippen LogP contribution in [0.3, 0.4) is 0 Å². The van der Waals surface area contributed by atoms with Crippen LogP contribution in [0.25, 0.3) is 0 Å². The van der Waals surface area contributed by atoms with E-state index in [1.165, 1.54) is 6.33 Å². The van der Waals surface area contributed by atoms with Gasteiger partial charge in [0.25, 0.3) is 0 Å². The second kappa shape index (κ2) is 4.72. The average Bonchev–Trinajstić information content (AvgIpc) is 2.50. The molecule has 1 aromatic heterocycles. The van der Waals surface area contributed by atoms with Crippen LogP contribution in [0.15, 0.2) is 6.33 Å². The highest BCUT2D eigenvalue weighted by molar-refractivity contribution is 4.93. The molecule has 0 aliphatic rings. The average molecular weight is 213 g/mol. The Morgan fingerprint density at radius 1 is 1.60 bits per heavy atom. The van der Waals surface area contributed by atoms with Crippen molar-refractivity contribution < 1.29 is 9.84 Å². The van der Waals surface area contributed by atoms with Crippen LogP contribution in [-0.4, -0.2) is 39.2 Å². The molecular formula is C10H19N3O2. The summed E-state index contributed by atoms with van der Waals surface area (Å²) in [5, 5.41) is 14.1. The molecule has 15 heavy (non-hydrogen) atoms. The fourth-order valence-corrected chi connectivity index (χ4v) is 1.53. The lowest BCUT2D eigenvalue weighted by molar-refractivity contribution is -0.0182. The van der Waals surface area contributed by atoms with Crippen molar-refractivity contribution in [2.45, 2.75) is 38.8 Å². The Labute approximate surface area is 90.1 Å². The predicted octanol–water partition coefficient (Wildman–Crippen LogP) is 0.799. The maximum Gasteiger partial charge on any atom is 0.138 e. The van der Waals surface area contributed by atoms with Crippen LogP contribution >= 0.6 is 0 Å². The molecule has 1 N–H and O–H groups in total. The van der Waals surface area contributed by atoms with Crippen LogP contribution in [0.2, 0.25) is 0 Å². The SMILES string of the molecule is COCC(C)(O)Cc1ncnn1C(C)C. The Bertz CT molecular complexity index is 307. The van der Waals surface area contributed by atoms with Gasteiger partial charge in [0.1, 0.15) is 12.2 Å². The summed E-state index contributed by atoms with van der Waals surface area (Å²) in [4.78, 5) is 4.14. The minimum atomic E-state index is -0.894. The Balaban J connectivity index is 2.75. The van der Waals surface area contributed by atoms with Crippen molar-refractivity contribution in [3.8, 4) is 0 Å². The predicted molar refractivity (Wildman–Crippen MR) is 56.6 cm³/mol. The molecule has 0 amide bonds. The first-order valence-corrected chi connectivity index (χ1v) is 5.06. The lowest BCUT2D eigenvalue weighted by atomic mass is 10.0. The summed E-state index contributed by atoms with van der Waals surface area (Å²) in [6.07, 6.45) is 1.96. The zero-order valence-corrected chi connectivity index (χ0v) is 9.77. The molecule has 0 saturated carbocycles. The molecule has 0 spiro atoms. The summed E-state index contributed by atoms with van der Waals surface area (Å²) in [6.45, 7) is 6.08. The molecule has 1 atom stereocenters. The topological polar surface area (TPSA) is 60.2 Å². The van der Waals surface area contributed by atoms with Gasteiger partial charge in [-0.3, -0.25) is 0 Å². The Hall–Kier alpha value is -0.940. The molecule has 0 aliphatic heterocycles. The zero-order chi connectivity index (χ0) is 11.5. The molecule has 5 heteroatoms. The molecule has 1 rings (SSSR count). The monoisotopic (exact) mass is 213 g/mol. The summed E-state index contributed by atoms with van der Waals surface area (Å²) >= 11 is 0. The van der Waals surface area contributed by atoms with Crippen LogP contribution < -0.4 is 0 Å². The van der Waals surface area contributed by atoms with Crippen LogP contribution in [-0.2, 0) is 11.2 Å². The smallest absolute Gasteiger partial charge is 0.138 e. The van der Waals surface area contributed by atoms with E-state index in [1.54, 1.807) is 14.0 Å². The van der Waals surface area contributed by atoms with Crippen molar-refractivity contribution >= 4 is 0 Å². The van der Waals surface area contributed by atoms with E-state index in [2.05, 4.69) is 10.1 Å². The van der Waals surface area contributed by atoms with E-state index in [1.807, 2.05) is 18.5 Å². The zero-order valence-electron chi connectivity index (χ0n) is 9.77. The quantitative estimate of drug-likeness (QED) is 0.786. The minimum absolute atomic E-state index is 0.251. The highest BCUT2D eigenvalue weighted by atomic mass is 16.5. The van der Waals surface area contributed by atoms with Crippen molar-refractivity contribution in [3.63, 3.8) is 0 Å². The molecule has 0 aromatic carbocycles. The molecule has 0 fully saturated rings. The van der Waals surface area contributed by atoms with E-state index in [0.29, 0.717) is 6.42 Å². The van der Waals surface area contributed by atoms with Gasteiger partial charge >= 0.3 is 0 Å². The molecule has 1 heterocycles. The number of hydrogen-bond donors (Lipinski definition) is 1. The first-order valence-electron chi connectivity index (χ1n) is 5.06. The van der Waals surface area contributed by atoms with Crippen LogP contribution in [0.1, 0.15) is 32.6 Å². The second-order valence-corrected chi connectivity index (χ2v) is 4.32. The van der Waals surface area contributed by atoms with Crippen molar-refractivity contribution in [1.29, 1.82) is 0 Å². The molecule has 0 bridgehead atoms. The van der Waals surface area contributed by atoms with Crippen molar-refractivity contribution in [2.75, 3.05) is 13.7 Å². The van der Waals surface area contributed by atoms with Gasteiger partial charge in [-0.2, -0.15) is 5.10 Å². The van der Waals surface area contributed by atoms with Gasteiger partial charge in [-0.15, -0.1) is 0 Å². The normalized spacial score (nSPS) is 15.6. The summed E-state index contributed by atoms with van der Waals surface area (Å²) < 4.78 is 6.76. The number of ether oxygens (including phenoxy) is 1. The summed E-state index contributed by atoms with van der Waals surface area (Å²) in [5.41, 5.74) is -0.894. The highest BCUT2D eigenvalue weighted by Crippen LogP contribution is 2.14. The Kier molecular flexibility index (Phi) is 3.82. The van der Waals surface area contributed by atoms with Gasteiger partial charge in [-0.25, -0.2) is 9.67 Å². The number of rotatable bonds is 5. The molecule has 0 saturated heterocycles. The van der Waals surface area contributed by atoms with Gasteiger partial charge in [0.2, 0.25) is 0 Å². The van der Waals surface area contributed by atoms with E-state index >= 15 is 0 Å². The standard InChI is InChI=1S/C10H19N3O2/c1-8(2)13-9(11-7-12-13)5-10(3,14)6-15-4/h7-8,14H,5-6H2,1-4H3. The third-order valence-corrected chi connectivity index (χ3v) is 2.13. The van der Waals surface area contributed by atoms with Crippen molar-refractivity contribution in [2.24, 2.45) is 0 Å². The van der Waals surface area contributed by atoms with E-state index in [0.717, 1.165) is 5.82 Å². The second-order valence-electron chi connectivity index (χ2n) is 4.32. The van der Waals surface area contributed by atoms with Crippen LogP contribution in [0, 0.1) is 0 Å². The van der Waals surface area contributed by atoms with Crippen LogP contribution in [0.4, 0.5) is 0 Å². The van der Waals surface area contributed by atoms with Gasteiger partial charge in [-0.1, -0.05) is 0 Å². The van der Waals surface area contributed by atoms with Gasteiger partial charge < -0.3 is 9.84 Å². The van der Waals surface area contributed by atoms with Crippen LogP contribution in [0.5, 0.6) is 0 Å². The molecule has 0 aliphatic carbocycles. The maximum atomic E-state index is 9.99. The third-order valence-electron chi connectivity index (χ3n) is 2.13. The van der Waals surface area contributed by atoms with Gasteiger partial charge in [0.15, 0.2) is 0 Å².